The molecule has 0 aliphatic carbocycles. The van der Waals surface area contributed by atoms with Gasteiger partial charge in [-0.25, -0.2) is 4.79 Å². The number of carbonyl (C=O) groups excluding carboxylic acids is 1. The Balaban J connectivity index is 1.64. The van der Waals surface area contributed by atoms with E-state index in [1.165, 1.54) is 5.39 Å². The maximum Gasteiger partial charge on any atom is 0.344 e. The van der Waals surface area contributed by atoms with Crippen molar-refractivity contribution >= 4 is 27.8 Å². The van der Waals surface area contributed by atoms with Crippen molar-refractivity contribution in [3.05, 3.63) is 60.8 Å². The molecule has 0 bridgehead atoms. The van der Waals surface area contributed by atoms with Gasteiger partial charge in [0.05, 0.1) is 17.8 Å². The second kappa shape index (κ2) is 6.88. The van der Waals surface area contributed by atoms with Crippen LogP contribution in [0.15, 0.2) is 60.8 Å². The zero-order valence-electron chi connectivity index (χ0n) is 14.4. The maximum atomic E-state index is 11.4. The summed E-state index contributed by atoms with van der Waals surface area (Å²) in [6.07, 6.45) is 1.82. The summed E-state index contributed by atoms with van der Waals surface area (Å²) in [4.78, 5) is 19.4. The molecule has 130 valence electrons. The lowest BCUT2D eigenvalue weighted by Crippen LogP contribution is -2.14. The first kappa shape index (κ1) is 16.1. The first-order valence-corrected chi connectivity index (χ1v) is 8.50. The van der Waals surface area contributed by atoms with Crippen LogP contribution in [0.4, 0.5) is 0 Å². The van der Waals surface area contributed by atoms with Crippen LogP contribution in [0, 0.1) is 0 Å². The van der Waals surface area contributed by atoms with E-state index in [0.29, 0.717) is 12.4 Å². The standard InChI is InChI=1S/C21H18N2O3/c1-2-25-19(24)13-26-15-9-7-14(8-10-15)20-21-17(11-12-22-20)16-5-3-4-6-18(16)23-21/h3-12,23H,2,13H2,1H3. The van der Waals surface area contributed by atoms with Crippen molar-refractivity contribution in [1.82, 2.24) is 9.97 Å². The number of nitrogens with one attached hydrogen (secondary N) is 1. The SMILES string of the molecule is CCOC(=O)COc1ccc(-c2nccc3c2[nH]c2ccccc23)cc1. The number of rotatable bonds is 5. The molecular formula is C21H18N2O3. The fraction of sp³-hybridized carbons (Fsp3) is 0.143. The number of pyridine rings is 1. The van der Waals surface area contributed by atoms with E-state index < -0.39 is 0 Å². The van der Waals surface area contributed by atoms with Crippen LogP contribution in [0.5, 0.6) is 5.75 Å². The van der Waals surface area contributed by atoms with Gasteiger partial charge in [-0.2, -0.15) is 0 Å². The van der Waals surface area contributed by atoms with Crippen molar-refractivity contribution in [2.75, 3.05) is 13.2 Å². The van der Waals surface area contributed by atoms with E-state index in [1.54, 1.807) is 6.92 Å². The fourth-order valence-electron chi connectivity index (χ4n) is 3.05. The van der Waals surface area contributed by atoms with Gasteiger partial charge in [0, 0.05) is 28.0 Å². The molecule has 0 saturated heterocycles. The molecule has 5 nitrogen and oxygen atoms in total. The molecule has 2 aromatic heterocycles. The quantitative estimate of drug-likeness (QED) is 0.547. The van der Waals surface area contributed by atoms with Crippen LogP contribution in [0.3, 0.4) is 0 Å². The van der Waals surface area contributed by atoms with Gasteiger partial charge in [0.2, 0.25) is 0 Å². The van der Waals surface area contributed by atoms with Crippen LogP contribution in [0.25, 0.3) is 33.1 Å². The van der Waals surface area contributed by atoms with Crippen molar-refractivity contribution in [1.29, 1.82) is 0 Å². The van der Waals surface area contributed by atoms with Gasteiger partial charge in [-0.15, -0.1) is 0 Å². The fourth-order valence-corrected chi connectivity index (χ4v) is 3.05. The molecule has 4 aromatic rings. The van der Waals surface area contributed by atoms with E-state index in [0.717, 1.165) is 27.7 Å². The molecule has 0 saturated carbocycles. The summed E-state index contributed by atoms with van der Waals surface area (Å²) in [6, 6.07) is 17.8. The van der Waals surface area contributed by atoms with Gasteiger partial charge in [0.1, 0.15) is 5.75 Å². The normalized spacial score (nSPS) is 11.0. The van der Waals surface area contributed by atoms with Crippen molar-refractivity contribution in [2.45, 2.75) is 6.92 Å². The Kier molecular flexibility index (Phi) is 4.27. The number of hydrogen-bond acceptors (Lipinski definition) is 4. The van der Waals surface area contributed by atoms with E-state index in [4.69, 9.17) is 9.47 Å². The van der Waals surface area contributed by atoms with Gasteiger partial charge < -0.3 is 14.5 Å². The lowest BCUT2D eigenvalue weighted by molar-refractivity contribution is -0.145. The van der Waals surface area contributed by atoms with Crippen LogP contribution < -0.4 is 4.74 Å². The highest BCUT2D eigenvalue weighted by Crippen LogP contribution is 2.32. The molecule has 0 unspecified atom stereocenters. The summed E-state index contributed by atoms with van der Waals surface area (Å²) in [5.74, 6) is 0.242. The van der Waals surface area contributed by atoms with Gasteiger partial charge in [-0.3, -0.25) is 4.98 Å². The number of para-hydroxylation sites is 1. The summed E-state index contributed by atoms with van der Waals surface area (Å²) in [5.41, 5.74) is 3.96. The summed E-state index contributed by atoms with van der Waals surface area (Å²) >= 11 is 0. The molecule has 26 heavy (non-hydrogen) atoms. The molecule has 1 N–H and O–H groups in total. The number of benzene rings is 2. The maximum absolute atomic E-state index is 11.4. The minimum absolute atomic E-state index is 0.0942. The number of fused-ring (bicyclic) bond motifs is 3. The van der Waals surface area contributed by atoms with Crippen LogP contribution in [0.1, 0.15) is 6.92 Å². The Bertz CT molecular complexity index is 1070. The Hall–Kier alpha value is -3.34. The van der Waals surface area contributed by atoms with Gasteiger partial charge >= 0.3 is 5.97 Å². The Labute approximate surface area is 150 Å². The van der Waals surface area contributed by atoms with E-state index in [1.807, 2.05) is 48.7 Å². The first-order chi connectivity index (χ1) is 12.8. The average molecular weight is 346 g/mol. The summed E-state index contributed by atoms with van der Waals surface area (Å²) < 4.78 is 10.3. The zero-order chi connectivity index (χ0) is 17.9. The molecule has 0 spiro atoms. The number of aromatic amines is 1. The molecule has 4 rings (SSSR count). The number of carbonyl (C=O) groups is 1. The number of aromatic nitrogens is 2. The van der Waals surface area contributed by atoms with Gasteiger partial charge in [-0.05, 0) is 43.3 Å². The molecule has 2 aromatic carbocycles. The summed E-state index contributed by atoms with van der Waals surface area (Å²) in [7, 11) is 0. The van der Waals surface area contributed by atoms with E-state index in [-0.39, 0.29) is 12.6 Å². The van der Waals surface area contributed by atoms with Gasteiger partial charge in [0.15, 0.2) is 6.61 Å². The molecular weight excluding hydrogens is 328 g/mol. The van der Waals surface area contributed by atoms with Crippen molar-refractivity contribution in [3.63, 3.8) is 0 Å². The van der Waals surface area contributed by atoms with Crippen molar-refractivity contribution in [2.24, 2.45) is 0 Å². The first-order valence-electron chi connectivity index (χ1n) is 8.50. The van der Waals surface area contributed by atoms with E-state index in [2.05, 4.69) is 22.1 Å². The van der Waals surface area contributed by atoms with E-state index >= 15 is 0 Å². The predicted molar refractivity (Wildman–Crippen MR) is 101 cm³/mol. The number of nitrogens with zero attached hydrogens (tertiary/aromatic N) is 1. The summed E-state index contributed by atoms with van der Waals surface area (Å²) in [6.45, 7) is 2.02. The third kappa shape index (κ3) is 2.99. The van der Waals surface area contributed by atoms with Crippen molar-refractivity contribution in [3.8, 4) is 17.0 Å². The molecule has 0 aliphatic heterocycles. The highest BCUT2D eigenvalue weighted by Gasteiger charge is 2.11. The highest BCUT2D eigenvalue weighted by molar-refractivity contribution is 6.10. The largest absolute Gasteiger partial charge is 0.482 e. The molecule has 0 aliphatic rings. The molecule has 0 amide bonds. The van der Waals surface area contributed by atoms with Crippen molar-refractivity contribution < 1.29 is 14.3 Å². The zero-order valence-corrected chi connectivity index (χ0v) is 14.4. The molecule has 2 heterocycles. The minimum Gasteiger partial charge on any atom is -0.482 e. The number of H-pyrrole nitrogens is 1. The number of esters is 1. The lowest BCUT2D eigenvalue weighted by atomic mass is 10.1. The van der Waals surface area contributed by atoms with Gasteiger partial charge in [0.25, 0.3) is 0 Å². The highest BCUT2D eigenvalue weighted by atomic mass is 16.6. The number of hydrogen-bond donors (Lipinski definition) is 1. The average Bonchev–Trinajstić information content (AvgIpc) is 3.06. The third-order valence-electron chi connectivity index (χ3n) is 4.22. The molecule has 0 atom stereocenters. The Morgan fingerprint density at radius 1 is 1.04 bits per heavy atom. The molecule has 0 radical (unpaired) electrons. The second-order valence-electron chi connectivity index (χ2n) is 5.87. The van der Waals surface area contributed by atoms with Crippen LogP contribution >= 0.6 is 0 Å². The Morgan fingerprint density at radius 3 is 2.65 bits per heavy atom. The second-order valence-corrected chi connectivity index (χ2v) is 5.87. The topological polar surface area (TPSA) is 64.2 Å². The van der Waals surface area contributed by atoms with Crippen LogP contribution in [0.2, 0.25) is 0 Å². The smallest absolute Gasteiger partial charge is 0.344 e. The molecule has 0 fully saturated rings. The molecule has 5 heteroatoms. The van der Waals surface area contributed by atoms with Gasteiger partial charge in [-0.1, -0.05) is 18.2 Å². The van der Waals surface area contributed by atoms with Crippen LogP contribution in [-0.2, 0) is 9.53 Å². The van der Waals surface area contributed by atoms with E-state index in [9.17, 15) is 4.79 Å². The lowest BCUT2D eigenvalue weighted by Gasteiger charge is -2.07. The predicted octanol–water partition coefficient (Wildman–Crippen LogP) is 4.33. The minimum atomic E-state index is -0.374. The Morgan fingerprint density at radius 2 is 1.85 bits per heavy atom. The van der Waals surface area contributed by atoms with Crippen LogP contribution in [-0.4, -0.2) is 29.2 Å². The summed E-state index contributed by atoms with van der Waals surface area (Å²) in [5, 5.41) is 2.33. The monoisotopic (exact) mass is 346 g/mol. The number of ether oxygens (including phenoxy) is 2. The third-order valence-corrected chi connectivity index (χ3v) is 4.22.